The third-order valence-electron chi connectivity index (χ3n) is 2.32. The van der Waals surface area contributed by atoms with Gasteiger partial charge in [0.2, 0.25) is 0 Å². The summed E-state index contributed by atoms with van der Waals surface area (Å²) in [5.74, 6) is 0.511. The summed E-state index contributed by atoms with van der Waals surface area (Å²) in [6.45, 7) is 4.40. The lowest BCUT2D eigenvalue weighted by atomic mass is 10.1. The number of nitro benzene ring substituents is 1. The Labute approximate surface area is 101 Å². The van der Waals surface area contributed by atoms with Gasteiger partial charge in [0.25, 0.3) is 5.69 Å². The van der Waals surface area contributed by atoms with Gasteiger partial charge < -0.3 is 10.1 Å². The fraction of sp³-hybridized carbons (Fsp3) is 0.400. The van der Waals surface area contributed by atoms with Gasteiger partial charge in [0.15, 0.2) is 11.4 Å². The molecule has 0 unspecified atom stereocenters. The second-order valence-corrected chi connectivity index (χ2v) is 5.19. The Kier molecular flexibility index (Phi) is 2.53. The van der Waals surface area contributed by atoms with Crippen molar-refractivity contribution in [1.29, 1.82) is 0 Å². The second-order valence-electron chi connectivity index (χ2n) is 4.27. The maximum atomic E-state index is 10.9. The lowest BCUT2D eigenvalue weighted by Gasteiger charge is -2.33. The molecule has 5 nitrogen and oxygen atoms in total. The minimum atomic E-state index is -0.418. The van der Waals surface area contributed by atoms with E-state index in [1.807, 2.05) is 13.8 Å². The van der Waals surface area contributed by atoms with Crippen molar-refractivity contribution in [3.63, 3.8) is 0 Å². The van der Waals surface area contributed by atoms with Crippen LogP contribution in [0.4, 0.5) is 11.4 Å². The summed E-state index contributed by atoms with van der Waals surface area (Å²) < 4.78 is 6.33. The zero-order valence-electron chi connectivity index (χ0n) is 8.91. The van der Waals surface area contributed by atoms with Gasteiger partial charge in [0.1, 0.15) is 5.60 Å². The number of anilines is 1. The Morgan fingerprint density at radius 1 is 1.56 bits per heavy atom. The van der Waals surface area contributed by atoms with Crippen LogP contribution in [0.25, 0.3) is 0 Å². The highest BCUT2D eigenvalue weighted by Gasteiger charge is 2.31. The van der Waals surface area contributed by atoms with E-state index in [4.69, 9.17) is 4.74 Å². The third kappa shape index (κ3) is 1.97. The Hall–Kier alpha value is -1.30. The van der Waals surface area contributed by atoms with Crippen molar-refractivity contribution in [2.75, 3.05) is 11.9 Å². The number of nitrogens with one attached hydrogen (secondary N) is 1. The van der Waals surface area contributed by atoms with Crippen LogP contribution in [0.3, 0.4) is 0 Å². The van der Waals surface area contributed by atoms with E-state index in [1.165, 1.54) is 6.07 Å². The quantitative estimate of drug-likeness (QED) is 0.637. The van der Waals surface area contributed by atoms with Gasteiger partial charge in [0.05, 0.1) is 11.5 Å². The molecular formula is C10H11BrN2O3. The van der Waals surface area contributed by atoms with Crippen LogP contribution in [-0.4, -0.2) is 17.1 Å². The van der Waals surface area contributed by atoms with Crippen LogP contribution in [0.5, 0.6) is 5.75 Å². The summed E-state index contributed by atoms with van der Waals surface area (Å²) in [5, 5.41) is 13.9. The molecule has 0 spiro atoms. The summed E-state index contributed by atoms with van der Waals surface area (Å²) in [5.41, 5.74) is 0.120. The molecule has 0 amide bonds. The SMILES string of the molecule is CC1(C)CNc2c(cc(Br)cc2[N+](=O)[O-])O1. The monoisotopic (exact) mass is 286 g/mol. The maximum Gasteiger partial charge on any atom is 0.297 e. The number of fused-ring (bicyclic) bond motifs is 1. The topological polar surface area (TPSA) is 64.4 Å². The molecule has 16 heavy (non-hydrogen) atoms. The molecule has 0 fully saturated rings. The molecule has 1 aliphatic rings. The van der Waals surface area contributed by atoms with Crippen LogP contribution < -0.4 is 10.1 Å². The molecule has 86 valence electrons. The fourth-order valence-corrected chi connectivity index (χ4v) is 2.03. The molecule has 0 bridgehead atoms. The predicted octanol–water partition coefficient (Wildman–Crippen LogP) is 2.94. The van der Waals surface area contributed by atoms with Crippen molar-refractivity contribution in [3.8, 4) is 5.75 Å². The molecule has 1 aromatic carbocycles. The largest absolute Gasteiger partial charge is 0.484 e. The first-order valence-electron chi connectivity index (χ1n) is 4.80. The minimum absolute atomic E-state index is 0.0277. The van der Waals surface area contributed by atoms with Crippen LogP contribution in [0.2, 0.25) is 0 Å². The van der Waals surface area contributed by atoms with Gasteiger partial charge in [-0.2, -0.15) is 0 Å². The van der Waals surface area contributed by atoms with E-state index < -0.39 is 4.92 Å². The van der Waals surface area contributed by atoms with Gasteiger partial charge in [-0.3, -0.25) is 10.1 Å². The van der Waals surface area contributed by atoms with E-state index in [2.05, 4.69) is 21.2 Å². The van der Waals surface area contributed by atoms with Crippen LogP contribution in [0, 0.1) is 10.1 Å². The first kappa shape index (κ1) is 11.2. The van der Waals surface area contributed by atoms with Crippen molar-refractivity contribution in [1.82, 2.24) is 0 Å². The molecule has 0 aromatic heterocycles. The number of hydrogen-bond donors (Lipinski definition) is 1. The summed E-state index contributed by atoms with van der Waals surface area (Å²) in [7, 11) is 0. The zero-order chi connectivity index (χ0) is 11.9. The van der Waals surface area contributed by atoms with E-state index in [9.17, 15) is 10.1 Å². The van der Waals surface area contributed by atoms with Gasteiger partial charge in [-0.1, -0.05) is 15.9 Å². The minimum Gasteiger partial charge on any atom is -0.484 e. The van der Waals surface area contributed by atoms with E-state index in [0.29, 0.717) is 22.5 Å². The first-order chi connectivity index (χ1) is 7.39. The van der Waals surface area contributed by atoms with Crippen molar-refractivity contribution in [2.24, 2.45) is 0 Å². The number of benzene rings is 1. The molecule has 6 heteroatoms. The molecule has 1 heterocycles. The van der Waals surface area contributed by atoms with Crippen LogP contribution >= 0.6 is 15.9 Å². The van der Waals surface area contributed by atoms with Crippen molar-refractivity contribution in [3.05, 3.63) is 26.7 Å². The first-order valence-corrected chi connectivity index (χ1v) is 5.59. The van der Waals surface area contributed by atoms with Crippen molar-refractivity contribution < 1.29 is 9.66 Å². The molecule has 0 saturated heterocycles. The highest BCUT2D eigenvalue weighted by molar-refractivity contribution is 9.10. The summed E-state index contributed by atoms with van der Waals surface area (Å²) in [6, 6.07) is 3.20. The molecule has 1 aromatic rings. The van der Waals surface area contributed by atoms with Crippen LogP contribution in [0.15, 0.2) is 16.6 Å². The molecule has 0 aliphatic carbocycles. The summed E-state index contributed by atoms with van der Waals surface area (Å²) in [4.78, 5) is 10.5. The molecule has 1 N–H and O–H groups in total. The number of hydrogen-bond acceptors (Lipinski definition) is 4. The number of nitrogens with zero attached hydrogens (tertiary/aromatic N) is 1. The molecular weight excluding hydrogens is 276 g/mol. The Balaban J connectivity index is 2.54. The number of nitro groups is 1. The van der Waals surface area contributed by atoms with Crippen LogP contribution in [-0.2, 0) is 0 Å². The standard InChI is InChI=1S/C10H11BrN2O3/c1-10(2)5-12-9-7(13(14)15)3-6(11)4-8(9)16-10/h3-4,12H,5H2,1-2H3. The fourth-order valence-electron chi connectivity index (χ4n) is 1.61. The average Bonchev–Trinajstić information content (AvgIpc) is 2.13. The smallest absolute Gasteiger partial charge is 0.297 e. The lowest BCUT2D eigenvalue weighted by Crippen LogP contribution is -2.40. The highest BCUT2D eigenvalue weighted by atomic mass is 79.9. The Morgan fingerprint density at radius 2 is 2.25 bits per heavy atom. The highest BCUT2D eigenvalue weighted by Crippen LogP contribution is 2.41. The van der Waals surface area contributed by atoms with E-state index in [-0.39, 0.29) is 11.3 Å². The van der Waals surface area contributed by atoms with Crippen molar-refractivity contribution >= 4 is 27.3 Å². The van der Waals surface area contributed by atoms with E-state index in [1.54, 1.807) is 6.07 Å². The second kappa shape index (κ2) is 3.62. The third-order valence-corrected chi connectivity index (χ3v) is 2.78. The Bertz CT molecular complexity index is 460. The lowest BCUT2D eigenvalue weighted by molar-refractivity contribution is -0.384. The number of halogens is 1. The predicted molar refractivity (Wildman–Crippen MR) is 64.0 cm³/mol. The van der Waals surface area contributed by atoms with E-state index >= 15 is 0 Å². The molecule has 2 rings (SSSR count). The van der Waals surface area contributed by atoms with Gasteiger partial charge in [0, 0.05) is 10.5 Å². The van der Waals surface area contributed by atoms with Gasteiger partial charge >= 0.3 is 0 Å². The molecule has 0 radical (unpaired) electrons. The summed E-state index contributed by atoms with van der Waals surface area (Å²) in [6.07, 6.45) is 0. The molecule has 0 atom stereocenters. The zero-order valence-corrected chi connectivity index (χ0v) is 10.5. The normalized spacial score (nSPS) is 16.9. The average molecular weight is 287 g/mol. The Morgan fingerprint density at radius 3 is 2.88 bits per heavy atom. The van der Waals surface area contributed by atoms with Gasteiger partial charge in [-0.05, 0) is 19.9 Å². The van der Waals surface area contributed by atoms with Crippen LogP contribution in [0.1, 0.15) is 13.8 Å². The maximum absolute atomic E-state index is 10.9. The van der Waals surface area contributed by atoms with Gasteiger partial charge in [-0.25, -0.2) is 0 Å². The number of ether oxygens (including phenoxy) is 1. The van der Waals surface area contributed by atoms with Gasteiger partial charge in [-0.15, -0.1) is 0 Å². The molecule has 0 saturated carbocycles. The van der Waals surface area contributed by atoms with E-state index in [0.717, 1.165) is 0 Å². The summed E-state index contributed by atoms with van der Waals surface area (Å²) >= 11 is 3.23. The molecule has 1 aliphatic heterocycles. The number of rotatable bonds is 1. The van der Waals surface area contributed by atoms with Crippen molar-refractivity contribution in [2.45, 2.75) is 19.4 Å².